The highest BCUT2D eigenvalue weighted by Crippen LogP contribution is 2.35. The maximum atomic E-state index is 13.7. The highest BCUT2D eigenvalue weighted by molar-refractivity contribution is 7.98. The lowest BCUT2D eigenvalue weighted by molar-refractivity contribution is -0.141. The van der Waals surface area contributed by atoms with E-state index in [1.165, 1.54) is 18.2 Å². The number of alkyl halides is 3. The molecule has 0 fully saturated rings. The molecular weight excluding hydrogens is 423 g/mol. The predicted octanol–water partition coefficient (Wildman–Crippen LogP) is 6.51. The number of aromatic nitrogens is 2. The first-order valence-corrected chi connectivity index (χ1v) is 9.05. The zero-order chi connectivity index (χ0) is 20.3. The molecule has 1 aromatic heterocycles. The van der Waals surface area contributed by atoms with Gasteiger partial charge in [-0.1, -0.05) is 41.6 Å². The molecule has 1 heterocycles. The van der Waals surface area contributed by atoms with Gasteiger partial charge in [0.2, 0.25) is 5.88 Å². The van der Waals surface area contributed by atoms with Gasteiger partial charge < -0.3 is 4.74 Å². The number of rotatable bonds is 5. The molecule has 0 aliphatic carbocycles. The Hall–Kier alpha value is -2.39. The molecule has 0 bridgehead atoms. The van der Waals surface area contributed by atoms with Crippen LogP contribution in [-0.4, -0.2) is 9.97 Å². The number of hydrogen-bond donors (Lipinski definition) is 0. The summed E-state index contributed by atoms with van der Waals surface area (Å²) in [4.78, 5) is 7.30. The monoisotopic (exact) mass is 432 g/mol. The van der Waals surface area contributed by atoms with Crippen molar-refractivity contribution in [2.45, 2.75) is 17.1 Å². The number of nitrogens with zero attached hydrogens (tertiary/aromatic N) is 2. The molecule has 0 amide bonds. The fourth-order valence-corrected chi connectivity index (χ4v) is 3.15. The zero-order valence-corrected chi connectivity index (χ0v) is 15.4. The number of thioether (sulfide) groups is 1. The molecule has 0 saturated carbocycles. The largest absolute Gasteiger partial charge is 0.437 e. The SMILES string of the molecule is Fc1cccc(F)c1CSc1nc(Oc2ccccc2Cl)cc(C(F)(F)F)n1. The van der Waals surface area contributed by atoms with Crippen LogP contribution in [0.5, 0.6) is 11.6 Å². The number of ether oxygens (including phenoxy) is 1. The van der Waals surface area contributed by atoms with Crippen molar-refractivity contribution < 1.29 is 26.7 Å². The second kappa shape index (κ2) is 8.32. The van der Waals surface area contributed by atoms with Crippen molar-refractivity contribution in [3.63, 3.8) is 0 Å². The average molecular weight is 433 g/mol. The minimum atomic E-state index is -4.76. The van der Waals surface area contributed by atoms with Gasteiger partial charge in [-0.25, -0.2) is 13.8 Å². The standard InChI is InChI=1S/C18H10ClF5N2OS/c19-11-4-1-2-7-14(11)27-16-8-15(18(22,23)24)25-17(26-16)28-9-10-12(20)5-3-6-13(10)21/h1-8H,9H2. The van der Waals surface area contributed by atoms with Gasteiger partial charge in [0.1, 0.15) is 17.4 Å². The van der Waals surface area contributed by atoms with E-state index in [-0.39, 0.29) is 27.2 Å². The summed E-state index contributed by atoms with van der Waals surface area (Å²) in [5, 5.41) is -0.170. The maximum Gasteiger partial charge on any atom is 0.433 e. The molecule has 3 rings (SSSR count). The molecule has 3 nitrogen and oxygen atoms in total. The van der Waals surface area contributed by atoms with Gasteiger partial charge in [-0.2, -0.15) is 18.2 Å². The highest BCUT2D eigenvalue weighted by Gasteiger charge is 2.34. The van der Waals surface area contributed by atoms with E-state index in [0.717, 1.165) is 12.1 Å². The molecule has 10 heteroatoms. The third-order valence-electron chi connectivity index (χ3n) is 3.43. The van der Waals surface area contributed by atoms with Crippen LogP contribution in [-0.2, 0) is 11.9 Å². The molecule has 0 atom stereocenters. The van der Waals surface area contributed by atoms with Gasteiger partial charge in [0, 0.05) is 17.4 Å². The van der Waals surface area contributed by atoms with E-state index in [4.69, 9.17) is 16.3 Å². The highest BCUT2D eigenvalue weighted by atomic mass is 35.5. The van der Waals surface area contributed by atoms with Crippen molar-refractivity contribution in [1.29, 1.82) is 0 Å². The van der Waals surface area contributed by atoms with Crippen LogP contribution in [0.1, 0.15) is 11.3 Å². The van der Waals surface area contributed by atoms with Crippen molar-refractivity contribution in [2.75, 3.05) is 0 Å². The molecule has 0 saturated heterocycles. The van der Waals surface area contributed by atoms with E-state index >= 15 is 0 Å². The fourth-order valence-electron chi connectivity index (χ4n) is 2.11. The molecule has 0 aliphatic rings. The van der Waals surface area contributed by atoms with Crippen LogP contribution in [0.25, 0.3) is 0 Å². The number of halogens is 6. The lowest BCUT2D eigenvalue weighted by Gasteiger charge is -2.12. The average Bonchev–Trinajstić information content (AvgIpc) is 2.62. The summed E-state index contributed by atoms with van der Waals surface area (Å²) in [7, 11) is 0. The van der Waals surface area contributed by atoms with Gasteiger partial charge in [-0.15, -0.1) is 0 Å². The van der Waals surface area contributed by atoms with Crippen LogP contribution in [0.3, 0.4) is 0 Å². The Morgan fingerprint density at radius 2 is 1.64 bits per heavy atom. The molecule has 28 heavy (non-hydrogen) atoms. The number of hydrogen-bond acceptors (Lipinski definition) is 4. The minimum absolute atomic E-state index is 0.104. The fraction of sp³-hybridized carbons (Fsp3) is 0.111. The molecule has 3 aromatic rings. The quantitative estimate of drug-likeness (QED) is 0.261. The van der Waals surface area contributed by atoms with Crippen molar-refractivity contribution >= 4 is 23.4 Å². The van der Waals surface area contributed by atoms with E-state index in [1.54, 1.807) is 12.1 Å². The maximum absolute atomic E-state index is 13.7. The minimum Gasteiger partial charge on any atom is -0.437 e. The summed E-state index contributed by atoms with van der Waals surface area (Å²) in [6.45, 7) is 0. The first-order valence-electron chi connectivity index (χ1n) is 7.68. The van der Waals surface area contributed by atoms with E-state index in [0.29, 0.717) is 17.8 Å². The second-order valence-corrected chi connectivity index (χ2v) is 6.74. The third kappa shape index (κ3) is 4.90. The Bertz CT molecular complexity index is 980. The van der Waals surface area contributed by atoms with Crippen LogP contribution in [0.4, 0.5) is 22.0 Å². The van der Waals surface area contributed by atoms with E-state index < -0.39 is 29.4 Å². The molecule has 0 N–H and O–H groups in total. The van der Waals surface area contributed by atoms with Crippen LogP contribution < -0.4 is 4.74 Å². The lowest BCUT2D eigenvalue weighted by atomic mass is 10.2. The Kier molecular flexibility index (Phi) is 6.04. The van der Waals surface area contributed by atoms with Gasteiger partial charge in [0.25, 0.3) is 0 Å². The molecule has 2 aromatic carbocycles. The summed E-state index contributed by atoms with van der Waals surface area (Å²) >= 11 is 6.59. The van der Waals surface area contributed by atoms with Crippen molar-refractivity contribution in [2.24, 2.45) is 0 Å². The predicted molar refractivity (Wildman–Crippen MR) is 94.5 cm³/mol. The Labute approximate surface area is 165 Å². The lowest BCUT2D eigenvalue weighted by Crippen LogP contribution is -2.10. The molecule has 146 valence electrons. The van der Waals surface area contributed by atoms with Crippen LogP contribution in [0, 0.1) is 11.6 Å². The first-order chi connectivity index (χ1) is 13.2. The summed E-state index contributed by atoms with van der Waals surface area (Å²) in [6.07, 6.45) is -4.76. The van der Waals surface area contributed by atoms with Crippen LogP contribution >= 0.6 is 23.4 Å². The molecular formula is C18H10ClF5N2OS. The topological polar surface area (TPSA) is 35.0 Å². The van der Waals surface area contributed by atoms with Crippen LogP contribution in [0.15, 0.2) is 53.7 Å². The Morgan fingerprint density at radius 3 is 2.29 bits per heavy atom. The first kappa shape index (κ1) is 20.3. The summed E-state index contributed by atoms with van der Waals surface area (Å²) in [5.74, 6) is -2.22. The van der Waals surface area contributed by atoms with Crippen molar-refractivity contribution in [1.82, 2.24) is 9.97 Å². The number of benzene rings is 2. The second-order valence-electron chi connectivity index (χ2n) is 5.39. The molecule has 0 unspecified atom stereocenters. The molecule has 0 spiro atoms. The van der Waals surface area contributed by atoms with Gasteiger partial charge in [0.05, 0.1) is 5.02 Å². The van der Waals surface area contributed by atoms with Gasteiger partial charge in [-0.05, 0) is 24.3 Å². The zero-order valence-electron chi connectivity index (χ0n) is 13.8. The summed E-state index contributed by atoms with van der Waals surface area (Å²) < 4.78 is 72.2. The third-order valence-corrected chi connectivity index (χ3v) is 4.62. The van der Waals surface area contributed by atoms with Crippen molar-refractivity contribution in [3.05, 3.63) is 76.4 Å². The van der Waals surface area contributed by atoms with Crippen molar-refractivity contribution in [3.8, 4) is 11.6 Å². The summed E-state index contributed by atoms with van der Waals surface area (Å²) in [6, 6.07) is 10.1. The molecule has 0 radical (unpaired) electrons. The van der Waals surface area contributed by atoms with Gasteiger partial charge in [0.15, 0.2) is 10.9 Å². The van der Waals surface area contributed by atoms with Gasteiger partial charge in [-0.3, -0.25) is 0 Å². The van der Waals surface area contributed by atoms with Gasteiger partial charge >= 0.3 is 6.18 Å². The normalized spacial score (nSPS) is 11.5. The molecule has 0 aliphatic heterocycles. The van der Waals surface area contributed by atoms with E-state index in [2.05, 4.69) is 9.97 Å². The van der Waals surface area contributed by atoms with Crippen LogP contribution in [0.2, 0.25) is 5.02 Å². The van der Waals surface area contributed by atoms with E-state index in [9.17, 15) is 22.0 Å². The summed E-state index contributed by atoms with van der Waals surface area (Å²) in [5.41, 5.74) is -1.54. The smallest absolute Gasteiger partial charge is 0.433 e. The van der Waals surface area contributed by atoms with E-state index in [1.807, 2.05) is 0 Å². The Balaban J connectivity index is 1.91. The number of para-hydroxylation sites is 1. The Morgan fingerprint density at radius 1 is 0.964 bits per heavy atom.